The minimum atomic E-state index is -4.52. The number of alkyl halides is 3. The Morgan fingerprint density at radius 1 is 1.29 bits per heavy atom. The molecule has 0 atom stereocenters. The van der Waals surface area contributed by atoms with Crippen LogP contribution in [0.1, 0.15) is 5.69 Å². The maximum absolute atomic E-state index is 12.9. The maximum atomic E-state index is 12.9. The first-order chi connectivity index (χ1) is 10.0. The van der Waals surface area contributed by atoms with E-state index >= 15 is 0 Å². The fourth-order valence-corrected chi connectivity index (χ4v) is 2.30. The molecule has 2 rings (SSSR count). The Labute approximate surface area is 123 Å². The van der Waals surface area contributed by atoms with E-state index in [4.69, 9.17) is 4.74 Å². The monoisotopic (exact) mass is 315 g/mol. The van der Waals surface area contributed by atoms with Crippen molar-refractivity contribution in [1.29, 1.82) is 0 Å². The Morgan fingerprint density at radius 3 is 2.71 bits per heavy atom. The predicted molar refractivity (Wildman–Crippen MR) is 72.9 cm³/mol. The zero-order valence-corrected chi connectivity index (χ0v) is 11.9. The predicted octanol–water partition coefficient (Wildman–Crippen LogP) is 3.30. The van der Waals surface area contributed by atoms with Gasteiger partial charge in [-0.05, 0) is 12.1 Å². The minimum absolute atomic E-state index is 0.0119. The number of hydrogen-bond donors (Lipinski definition) is 0. The molecule has 2 aromatic heterocycles. The average Bonchev–Trinajstić information content (AvgIpc) is 2.47. The average molecular weight is 315 g/mol. The van der Waals surface area contributed by atoms with E-state index in [1.54, 1.807) is 12.1 Å². The van der Waals surface area contributed by atoms with Gasteiger partial charge in [0.05, 0.1) is 6.61 Å². The fraction of sp³-hybridized carbons (Fsp3) is 0.308. The number of ether oxygens (including phenoxy) is 1. The van der Waals surface area contributed by atoms with E-state index in [1.165, 1.54) is 31.3 Å². The Bertz CT molecular complexity index is 593. The summed E-state index contributed by atoms with van der Waals surface area (Å²) < 4.78 is 43.6. The highest BCUT2D eigenvalue weighted by atomic mass is 32.2. The number of hydrogen-bond acceptors (Lipinski definition) is 5. The summed E-state index contributed by atoms with van der Waals surface area (Å²) in [4.78, 5) is 11.6. The van der Waals surface area contributed by atoms with Gasteiger partial charge in [-0.15, -0.1) is 11.8 Å². The Morgan fingerprint density at radius 2 is 2.10 bits per heavy atom. The second kappa shape index (κ2) is 6.86. The van der Waals surface area contributed by atoms with E-state index in [0.717, 1.165) is 6.07 Å². The Hall–Kier alpha value is -1.67. The molecule has 21 heavy (non-hydrogen) atoms. The van der Waals surface area contributed by atoms with Gasteiger partial charge in [0.15, 0.2) is 5.82 Å². The molecule has 0 bridgehead atoms. The molecule has 2 aromatic rings. The Balaban J connectivity index is 2.38. The molecule has 0 N–H and O–H groups in total. The summed E-state index contributed by atoms with van der Waals surface area (Å²) >= 11 is 1.19. The molecule has 8 heteroatoms. The topological polar surface area (TPSA) is 47.9 Å². The normalized spacial score (nSPS) is 11.6. The van der Waals surface area contributed by atoms with Crippen LogP contribution in [0.2, 0.25) is 0 Å². The van der Waals surface area contributed by atoms with Crippen LogP contribution in [0, 0.1) is 0 Å². The van der Waals surface area contributed by atoms with Crippen molar-refractivity contribution < 1.29 is 17.9 Å². The molecule has 0 aliphatic rings. The lowest BCUT2D eigenvalue weighted by Gasteiger charge is -2.10. The fourth-order valence-electron chi connectivity index (χ4n) is 1.50. The molecular formula is C13H12F3N3OS. The van der Waals surface area contributed by atoms with Gasteiger partial charge < -0.3 is 4.74 Å². The second-order valence-electron chi connectivity index (χ2n) is 4.00. The number of halogens is 3. The summed E-state index contributed by atoms with van der Waals surface area (Å²) in [5, 5.41) is 0.258. The van der Waals surface area contributed by atoms with Crippen LogP contribution in [0.3, 0.4) is 0 Å². The molecule has 0 saturated heterocycles. The number of aromatic nitrogens is 3. The van der Waals surface area contributed by atoms with Crippen molar-refractivity contribution >= 4 is 11.8 Å². The van der Waals surface area contributed by atoms with Crippen LogP contribution in [-0.2, 0) is 10.9 Å². The molecule has 0 aliphatic heterocycles. The third-order valence-corrected chi connectivity index (χ3v) is 3.33. The lowest BCUT2D eigenvalue weighted by molar-refractivity contribution is -0.141. The number of rotatable bonds is 5. The first kappa shape index (κ1) is 15.7. The van der Waals surface area contributed by atoms with Crippen LogP contribution >= 0.6 is 11.8 Å². The highest BCUT2D eigenvalue weighted by Gasteiger charge is 2.33. The molecule has 4 nitrogen and oxygen atoms in total. The van der Waals surface area contributed by atoms with E-state index in [-0.39, 0.29) is 10.9 Å². The van der Waals surface area contributed by atoms with Crippen LogP contribution < -0.4 is 0 Å². The van der Waals surface area contributed by atoms with Crippen LogP contribution in [0.4, 0.5) is 13.2 Å². The smallest absolute Gasteiger partial charge is 0.384 e. The summed E-state index contributed by atoms with van der Waals surface area (Å²) in [5.41, 5.74) is -0.520. The molecule has 2 heterocycles. The summed E-state index contributed by atoms with van der Waals surface area (Å²) in [7, 11) is 1.53. The van der Waals surface area contributed by atoms with Gasteiger partial charge in [-0.25, -0.2) is 9.97 Å². The quantitative estimate of drug-likeness (QED) is 0.481. The van der Waals surface area contributed by atoms with Crippen LogP contribution in [-0.4, -0.2) is 34.4 Å². The van der Waals surface area contributed by atoms with Gasteiger partial charge in [0.25, 0.3) is 0 Å². The number of methoxy groups -OCH3 is 1. The van der Waals surface area contributed by atoms with Gasteiger partial charge in [-0.3, -0.25) is 4.98 Å². The van der Waals surface area contributed by atoms with Gasteiger partial charge in [-0.1, -0.05) is 0 Å². The molecule has 112 valence electrons. The minimum Gasteiger partial charge on any atom is -0.384 e. The molecular weight excluding hydrogens is 303 g/mol. The highest BCUT2D eigenvalue weighted by Crippen LogP contribution is 2.31. The van der Waals surface area contributed by atoms with Gasteiger partial charge in [0.2, 0.25) is 0 Å². The largest absolute Gasteiger partial charge is 0.433 e. The van der Waals surface area contributed by atoms with Crippen molar-refractivity contribution in [2.75, 3.05) is 19.5 Å². The Kier molecular flexibility index (Phi) is 5.13. The summed E-state index contributed by atoms with van der Waals surface area (Å²) in [6, 6.07) is 4.18. The highest BCUT2D eigenvalue weighted by molar-refractivity contribution is 7.99. The van der Waals surface area contributed by atoms with Crippen molar-refractivity contribution in [2.24, 2.45) is 0 Å². The number of nitrogens with zero attached hydrogens (tertiary/aromatic N) is 3. The van der Waals surface area contributed by atoms with Crippen molar-refractivity contribution in [1.82, 2.24) is 15.0 Å². The third-order valence-electron chi connectivity index (χ3n) is 2.45. The standard InChI is InChI=1S/C13H12F3N3OS/c1-20-5-6-21-11-7-10(13(14,15)16)18-12(19-11)9-3-2-4-17-8-9/h2-4,7-8H,5-6H2,1H3. The molecule has 0 unspecified atom stereocenters. The van der Waals surface area contributed by atoms with Crippen molar-refractivity contribution in [2.45, 2.75) is 11.2 Å². The molecule has 0 radical (unpaired) electrons. The van der Waals surface area contributed by atoms with Crippen molar-refractivity contribution in [3.8, 4) is 11.4 Å². The van der Waals surface area contributed by atoms with Gasteiger partial charge in [0.1, 0.15) is 10.7 Å². The molecule has 0 spiro atoms. The molecule has 0 saturated carbocycles. The van der Waals surface area contributed by atoms with Gasteiger partial charge >= 0.3 is 6.18 Å². The van der Waals surface area contributed by atoms with Crippen molar-refractivity contribution in [3.05, 3.63) is 36.3 Å². The van der Waals surface area contributed by atoms with E-state index < -0.39 is 11.9 Å². The van der Waals surface area contributed by atoms with Crippen molar-refractivity contribution in [3.63, 3.8) is 0 Å². The van der Waals surface area contributed by atoms with E-state index in [9.17, 15) is 13.2 Å². The van der Waals surface area contributed by atoms with Crippen LogP contribution in [0.25, 0.3) is 11.4 Å². The molecule has 0 aliphatic carbocycles. The second-order valence-corrected chi connectivity index (χ2v) is 5.11. The van der Waals surface area contributed by atoms with Gasteiger partial charge in [0, 0.05) is 36.9 Å². The lowest BCUT2D eigenvalue weighted by atomic mass is 10.2. The van der Waals surface area contributed by atoms with E-state index in [1.807, 2.05) is 0 Å². The zero-order chi connectivity index (χ0) is 15.3. The third kappa shape index (κ3) is 4.40. The van der Waals surface area contributed by atoms with Crippen LogP contribution in [0.15, 0.2) is 35.6 Å². The molecule has 0 amide bonds. The summed E-state index contributed by atoms with van der Waals surface area (Å²) in [6.45, 7) is 0.429. The van der Waals surface area contributed by atoms with E-state index in [0.29, 0.717) is 17.9 Å². The first-order valence-electron chi connectivity index (χ1n) is 5.99. The molecule has 0 aromatic carbocycles. The van der Waals surface area contributed by atoms with Crippen LogP contribution in [0.5, 0.6) is 0 Å². The SMILES string of the molecule is COCCSc1cc(C(F)(F)F)nc(-c2cccnc2)n1. The maximum Gasteiger partial charge on any atom is 0.433 e. The molecule has 0 fully saturated rings. The lowest BCUT2D eigenvalue weighted by Crippen LogP contribution is -2.10. The summed E-state index contributed by atoms with van der Waals surface area (Å²) in [5.74, 6) is 0.523. The zero-order valence-electron chi connectivity index (χ0n) is 11.1. The van der Waals surface area contributed by atoms with E-state index in [2.05, 4.69) is 15.0 Å². The first-order valence-corrected chi connectivity index (χ1v) is 6.97. The summed E-state index contributed by atoms with van der Waals surface area (Å²) in [6.07, 6.45) is -1.55. The number of pyridine rings is 1. The van der Waals surface area contributed by atoms with Gasteiger partial charge in [-0.2, -0.15) is 13.2 Å². The number of thioether (sulfide) groups is 1.